The highest BCUT2D eigenvalue weighted by atomic mass is 16.5. The number of carbonyl (C=O) groups is 1. The first kappa shape index (κ1) is 11.4. The lowest BCUT2D eigenvalue weighted by Crippen LogP contribution is -2.12. The first-order chi connectivity index (χ1) is 8.10. The fourth-order valence-electron chi connectivity index (χ4n) is 1.61. The Kier molecular flexibility index (Phi) is 2.95. The van der Waals surface area contributed by atoms with Crippen LogP contribution in [0.2, 0.25) is 0 Å². The first-order valence-electron chi connectivity index (χ1n) is 5.23. The van der Waals surface area contributed by atoms with Gasteiger partial charge < -0.3 is 4.74 Å². The minimum Gasteiger partial charge on any atom is -0.464 e. The Hall–Kier alpha value is -2.11. The zero-order valence-corrected chi connectivity index (χ0v) is 10.0. The van der Waals surface area contributed by atoms with Crippen molar-refractivity contribution in [2.24, 2.45) is 0 Å². The van der Waals surface area contributed by atoms with Gasteiger partial charge in [0.15, 0.2) is 5.69 Å². The van der Waals surface area contributed by atoms with E-state index in [4.69, 9.17) is 0 Å². The molecule has 2 aromatic heterocycles. The summed E-state index contributed by atoms with van der Waals surface area (Å²) in [4.78, 5) is 11.2. The van der Waals surface area contributed by atoms with Crippen LogP contribution in [-0.2, 0) is 11.4 Å². The van der Waals surface area contributed by atoms with Gasteiger partial charge in [-0.05, 0) is 26.0 Å². The monoisotopic (exact) mass is 234 g/mol. The van der Waals surface area contributed by atoms with Crippen LogP contribution < -0.4 is 0 Å². The van der Waals surface area contributed by atoms with Crippen molar-refractivity contribution >= 4 is 5.97 Å². The summed E-state index contributed by atoms with van der Waals surface area (Å²) in [5, 5.41) is 8.43. The number of esters is 1. The van der Waals surface area contributed by atoms with Crippen molar-refractivity contribution < 1.29 is 9.53 Å². The van der Waals surface area contributed by atoms with Gasteiger partial charge in [0.2, 0.25) is 0 Å². The second-order valence-electron chi connectivity index (χ2n) is 3.80. The van der Waals surface area contributed by atoms with Gasteiger partial charge in [-0.1, -0.05) is 0 Å². The molecule has 0 amide bonds. The molecule has 0 bridgehead atoms. The standard InChI is InChI=1S/C11H14N4O2/c1-8-6-9(2)15(12-8)7-14-5-4-10(13-14)11(16)17-3/h4-6H,7H2,1-3H3. The molecule has 0 unspecified atom stereocenters. The predicted octanol–water partition coefficient (Wildman–Crippen LogP) is 0.989. The molecule has 2 heterocycles. The fourth-order valence-corrected chi connectivity index (χ4v) is 1.61. The Morgan fingerprint density at radius 1 is 1.41 bits per heavy atom. The molecule has 6 nitrogen and oxygen atoms in total. The van der Waals surface area contributed by atoms with Crippen LogP contribution in [0.5, 0.6) is 0 Å². The molecule has 0 N–H and O–H groups in total. The molecule has 0 aliphatic heterocycles. The van der Waals surface area contributed by atoms with Gasteiger partial charge in [0.1, 0.15) is 6.67 Å². The lowest BCUT2D eigenvalue weighted by molar-refractivity contribution is 0.0593. The van der Waals surface area contributed by atoms with Crippen LogP contribution in [0.25, 0.3) is 0 Å². The number of carbonyl (C=O) groups excluding carboxylic acids is 1. The van der Waals surface area contributed by atoms with Gasteiger partial charge in [0.05, 0.1) is 12.8 Å². The summed E-state index contributed by atoms with van der Waals surface area (Å²) < 4.78 is 8.06. The fraction of sp³-hybridized carbons (Fsp3) is 0.364. The highest BCUT2D eigenvalue weighted by Gasteiger charge is 2.09. The van der Waals surface area contributed by atoms with E-state index in [1.54, 1.807) is 16.9 Å². The van der Waals surface area contributed by atoms with E-state index in [-0.39, 0.29) is 0 Å². The van der Waals surface area contributed by atoms with E-state index >= 15 is 0 Å². The van der Waals surface area contributed by atoms with Crippen molar-refractivity contribution in [1.82, 2.24) is 19.6 Å². The summed E-state index contributed by atoms with van der Waals surface area (Å²) in [6.45, 7) is 4.40. The highest BCUT2D eigenvalue weighted by molar-refractivity contribution is 5.86. The molecule has 0 fully saturated rings. The number of hydrogen-bond acceptors (Lipinski definition) is 4. The molecule has 2 rings (SSSR count). The van der Waals surface area contributed by atoms with E-state index in [2.05, 4.69) is 14.9 Å². The Morgan fingerprint density at radius 2 is 2.18 bits per heavy atom. The molecular weight excluding hydrogens is 220 g/mol. The molecule has 0 spiro atoms. The molecular formula is C11H14N4O2. The van der Waals surface area contributed by atoms with Crippen molar-refractivity contribution in [2.75, 3.05) is 7.11 Å². The van der Waals surface area contributed by atoms with Crippen molar-refractivity contribution in [3.05, 3.63) is 35.4 Å². The molecule has 0 radical (unpaired) electrons. The van der Waals surface area contributed by atoms with Crippen LogP contribution in [0.15, 0.2) is 18.3 Å². The number of hydrogen-bond donors (Lipinski definition) is 0. The topological polar surface area (TPSA) is 61.9 Å². The van der Waals surface area contributed by atoms with E-state index in [1.165, 1.54) is 7.11 Å². The Morgan fingerprint density at radius 3 is 2.76 bits per heavy atom. The molecule has 0 saturated heterocycles. The summed E-state index contributed by atoms with van der Waals surface area (Å²) in [5.41, 5.74) is 2.31. The zero-order valence-electron chi connectivity index (χ0n) is 10.0. The zero-order chi connectivity index (χ0) is 12.4. The van der Waals surface area contributed by atoms with E-state index in [9.17, 15) is 4.79 Å². The lowest BCUT2D eigenvalue weighted by atomic mass is 10.4. The third-order valence-electron chi connectivity index (χ3n) is 2.42. The largest absolute Gasteiger partial charge is 0.464 e. The molecule has 0 saturated carbocycles. The summed E-state index contributed by atoms with van der Waals surface area (Å²) >= 11 is 0. The summed E-state index contributed by atoms with van der Waals surface area (Å²) in [6.07, 6.45) is 1.72. The third-order valence-corrected chi connectivity index (χ3v) is 2.42. The van der Waals surface area contributed by atoms with Gasteiger partial charge >= 0.3 is 5.97 Å². The normalized spacial score (nSPS) is 10.5. The van der Waals surface area contributed by atoms with Crippen LogP contribution in [0, 0.1) is 13.8 Å². The second kappa shape index (κ2) is 4.40. The Labute approximate surface area is 98.8 Å². The maximum atomic E-state index is 11.2. The number of ether oxygens (including phenoxy) is 1. The molecule has 6 heteroatoms. The molecule has 0 atom stereocenters. The van der Waals surface area contributed by atoms with E-state index < -0.39 is 5.97 Å². The van der Waals surface area contributed by atoms with Crippen molar-refractivity contribution in [3.8, 4) is 0 Å². The van der Waals surface area contributed by atoms with Crippen LogP contribution in [-0.4, -0.2) is 32.6 Å². The number of rotatable bonds is 3. The predicted molar refractivity (Wildman–Crippen MR) is 60.7 cm³/mol. The van der Waals surface area contributed by atoms with Crippen LogP contribution in [0.3, 0.4) is 0 Å². The van der Waals surface area contributed by atoms with Crippen molar-refractivity contribution in [3.63, 3.8) is 0 Å². The number of aryl methyl sites for hydroxylation is 2. The Balaban J connectivity index is 2.17. The highest BCUT2D eigenvalue weighted by Crippen LogP contribution is 2.03. The first-order valence-corrected chi connectivity index (χ1v) is 5.23. The molecule has 0 aromatic carbocycles. The van der Waals surface area contributed by atoms with Gasteiger partial charge in [0, 0.05) is 11.9 Å². The summed E-state index contributed by atoms with van der Waals surface area (Å²) in [5.74, 6) is -0.433. The van der Waals surface area contributed by atoms with Gasteiger partial charge in [-0.15, -0.1) is 0 Å². The average Bonchev–Trinajstić information content (AvgIpc) is 2.86. The molecule has 90 valence electrons. The van der Waals surface area contributed by atoms with E-state index in [1.807, 2.05) is 24.6 Å². The minimum absolute atomic E-state index is 0.300. The average molecular weight is 234 g/mol. The molecule has 2 aromatic rings. The quantitative estimate of drug-likeness (QED) is 0.743. The van der Waals surface area contributed by atoms with Gasteiger partial charge in [-0.2, -0.15) is 10.2 Å². The van der Waals surface area contributed by atoms with Crippen molar-refractivity contribution in [1.29, 1.82) is 0 Å². The Bertz CT molecular complexity index is 541. The van der Waals surface area contributed by atoms with Gasteiger partial charge in [-0.3, -0.25) is 4.68 Å². The SMILES string of the molecule is COC(=O)c1ccn(Cn2nc(C)cc2C)n1. The minimum atomic E-state index is -0.433. The molecule has 0 aliphatic rings. The molecule has 17 heavy (non-hydrogen) atoms. The number of methoxy groups -OCH3 is 1. The van der Waals surface area contributed by atoms with Gasteiger partial charge in [0.25, 0.3) is 0 Å². The number of aromatic nitrogens is 4. The maximum absolute atomic E-state index is 11.2. The van der Waals surface area contributed by atoms with Gasteiger partial charge in [-0.25, -0.2) is 9.48 Å². The van der Waals surface area contributed by atoms with Crippen molar-refractivity contribution in [2.45, 2.75) is 20.5 Å². The second-order valence-corrected chi connectivity index (χ2v) is 3.80. The smallest absolute Gasteiger partial charge is 0.358 e. The number of nitrogens with zero attached hydrogens (tertiary/aromatic N) is 4. The van der Waals surface area contributed by atoms with Crippen LogP contribution >= 0.6 is 0 Å². The summed E-state index contributed by atoms with van der Waals surface area (Å²) in [6, 6.07) is 3.61. The lowest BCUT2D eigenvalue weighted by Gasteiger charge is -2.03. The third kappa shape index (κ3) is 2.35. The van der Waals surface area contributed by atoms with E-state index in [0.717, 1.165) is 11.4 Å². The molecule has 0 aliphatic carbocycles. The van der Waals surface area contributed by atoms with Crippen LogP contribution in [0.1, 0.15) is 21.9 Å². The summed E-state index contributed by atoms with van der Waals surface area (Å²) in [7, 11) is 1.34. The maximum Gasteiger partial charge on any atom is 0.358 e. The van der Waals surface area contributed by atoms with E-state index in [0.29, 0.717) is 12.4 Å². The van der Waals surface area contributed by atoms with Crippen LogP contribution in [0.4, 0.5) is 0 Å².